The van der Waals surface area contributed by atoms with Crippen molar-refractivity contribution >= 4 is 17.7 Å². The van der Waals surface area contributed by atoms with Crippen LogP contribution in [0, 0.1) is 0 Å². The fourth-order valence-corrected chi connectivity index (χ4v) is 3.84. The SMILES string of the molecule is CN1C(=O)[C@@H](N(C(=O)O)C(C)(C)C)CC2(CC2)c2ccccc21. The number of para-hydroxylation sites is 1. The van der Waals surface area contributed by atoms with Gasteiger partial charge in [-0.3, -0.25) is 9.69 Å². The van der Waals surface area contributed by atoms with Crippen molar-refractivity contribution in [2.45, 2.75) is 57.0 Å². The van der Waals surface area contributed by atoms with Gasteiger partial charge in [0, 0.05) is 18.3 Å². The van der Waals surface area contributed by atoms with E-state index in [1.54, 1.807) is 11.9 Å². The van der Waals surface area contributed by atoms with Crippen molar-refractivity contribution in [2.75, 3.05) is 11.9 Å². The molecule has 1 aromatic carbocycles. The predicted octanol–water partition coefficient (Wildman–Crippen LogP) is 3.23. The molecule has 1 aromatic rings. The molecule has 5 nitrogen and oxygen atoms in total. The van der Waals surface area contributed by atoms with Crippen LogP contribution in [0.3, 0.4) is 0 Å². The average Bonchev–Trinajstić information content (AvgIpc) is 3.24. The maximum absolute atomic E-state index is 13.0. The zero-order chi connectivity index (χ0) is 17.0. The minimum absolute atomic E-state index is 0.0549. The van der Waals surface area contributed by atoms with E-state index in [-0.39, 0.29) is 11.3 Å². The van der Waals surface area contributed by atoms with Gasteiger partial charge in [0.15, 0.2) is 0 Å². The molecular formula is C18H24N2O3. The van der Waals surface area contributed by atoms with Crippen LogP contribution in [-0.2, 0) is 10.2 Å². The molecule has 0 aromatic heterocycles. The van der Waals surface area contributed by atoms with Crippen molar-refractivity contribution in [3.63, 3.8) is 0 Å². The van der Waals surface area contributed by atoms with Crippen molar-refractivity contribution in [1.82, 2.24) is 4.90 Å². The molecule has 1 aliphatic heterocycles. The van der Waals surface area contributed by atoms with Gasteiger partial charge in [0.05, 0.1) is 0 Å². The zero-order valence-corrected chi connectivity index (χ0v) is 14.2. The summed E-state index contributed by atoms with van der Waals surface area (Å²) < 4.78 is 0. The molecule has 3 rings (SSSR count). The number of rotatable bonds is 1. The summed E-state index contributed by atoms with van der Waals surface area (Å²) in [5.74, 6) is -0.140. The molecule has 1 aliphatic carbocycles. The molecule has 1 atom stereocenters. The van der Waals surface area contributed by atoms with Crippen LogP contribution < -0.4 is 4.90 Å². The highest BCUT2D eigenvalue weighted by Crippen LogP contribution is 2.56. The molecule has 1 fully saturated rings. The van der Waals surface area contributed by atoms with Crippen LogP contribution in [0.1, 0.15) is 45.6 Å². The summed E-state index contributed by atoms with van der Waals surface area (Å²) in [5, 5.41) is 9.72. The number of carbonyl (C=O) groups is 2. The van der Waals surface area contributed by atoms with Gasteiger partial charge in [0.1, 0.15) is 6.04 Å². The molecule has 1 spiro atoms. The monoisotopic (exact) mass is 316 g/mol. The molecule has 2 aliphatic rings. The predicted molar refractivity (Wildman–Crippen MR) is 88.8 cm³/mol. The lowest BCUT2D eigenvalue weighted by molar-refractivity contribution is -0.125. The lowest BCUT2D eigenvalue weighted by Gasteiger charge is -2.40. The van der Waals surface area contributed by atoms with Gasteiger partial charge < -0.3 is 10.0 Å². The Labute approximate surface area is 136 Å². The number of nitrogens with zero attached hydrogens (tertiary/aromatic N) is 2. The Morgan fingerprint density at radius 3 is 2.43 bits per heavy atom. The molecule has 0 unspecified atom stereocenters. The van der Waals surface area contributed by atoms with Crippen molar-refractivity contribution in [2.24, 2.45) is 0 Å². The highest BCUT2D eigenvalue weighted by molar-refractivity contribution is 6.00. The van der Waals surface area contributed by atoms with Gasteiger partial charge >= 0.3 is 6.09 Å². The van der Waals surface area contributed by atoms with E-state index in [0.717, 1.165) is 18.5 Å². The van der Waals surface area contributed by atoms with Gasteiger partial charge in [0.2, 0.25) is 5.91 Å². The van der Waals surface area contributed by atoms with Gasteiger partial charge in [-0.05, 0) is 57.1 Å². The quantitative estimate of drug-likeness (QED) is 0.865. The summed E-state index contributed by atoms with van der Waals surface area (Å²) in [6, 6.07) is 7.31. The summed E-state index contributed by atoms with van der Waals surface area (Å²) >= 11 is 0. The molecule has 1 heterocycles. The van der Waals surface area contributed by atoms with Crippen LogP contribution in [0.25, 0.3) is 0 Å². The number of fused-ring (bicyclic) bond motifs is 2. The summed E-state index contributed by atoms with van der Waals surface area (Å²) in [6.07, 6.45) is 1.56. The zero-order valence-electron chi connectivity index (χ0n) is 14.2. The van der Waals surface area contributed by atoms with Crippen LogP contribution >= 0.6 is 0 Å². The fourth-order valence-electron chi connectivity index (χ4n) is 3.84. The second-order valence-corrected chi connectivity index (χ2v) is 7.74. The molecule has 2 amide bonds. The summed E-state index contributed by atoms with van der Waals surface area (Å²) in [6.45, 7) is 5.52. The van der Waals surface area contributed by atoms with Gasteiger partial charge in [0.25, 0.3) is 0 Å². The van der Waals surface area contributed by atoms with Crippen molar-refractivity contribution in [3.8, 4) is 0 Å². The van der Waals surface area contributed by atoms with Crippen LogP contribution in [0.15, 0.2) is 24.3 Å². The highest BCUT2D eigenvalue weighted by Gasteiger charge is 2.54. The molecule has 1 saturated carbocycles. The van der Waals surface area contributed by atoms with E-state index in [9.17, 15) is 14.7 Å². The minimum atomic E-state index is -1.04. The number of anilines is 1. The lowest BCUT2D eigenvalue weighted by atomic mass is 9.87. The Hall–Kier alpha value is -2.04. The normalized spacial score (nSPS) is 22.5. The van der Waals surface area contributed by atoms with Crippen LogP contribution in [0.4, 0.5) is 10.5 Å². The van der Waals surface area contributed by atoms with E-state index < -0.39 is 17.7 Å². The third-order valence-electron chi connectivity index (χ3n) is 5.13. The minimum Gasteiger partial charge on any atom is -0.465 e. The van der Waals surface area contributed by atoms with Crippen LogP contribution in [-0.4, -0.2) is 40.6 Å². The van der Waals surface area contributed by atoms with E-state index in [1.807, 2.05) is 39.0 Å². The molecular weight excluding hydrogens is 292 g/mol. The fraction of sp³-hybridized carbons (Fsp3) is 0.556. The van der Waals surface area contributed by atoms with Crippen molar-refractivity contribution in [1.29, 1.82) is 0 Å². The largest absolute Gasteiger partial charge is 0.465 e. The van der Waals surface area contributed by atoms with E-state index in [2.05, 4.69) is 6.07 Å². The first kappa shape index (κ1) is 15.8. The van der Waals surface area contributed by atoms with Gasteiger partial charge in [-0.1, -0.05) is 18.2 Å². The molecule has 0 radical (unpaired) electrons. The second-order valence-electron chi connectivity index (χ2n) is 7.74. The van der Waals surface area contributed by atoms with E-state index in [0.29, 0.717) is 6.42 Å². The lowest BCUT2D eigenvalue weighted by Crippen LogP contribution is -2.57. The second kappa shape index (κ2) is 4.98. The number of carbonyl (C=O) groups excluding carboxylic acids is 1. The van der Waals surface area contributed by atoms with Crippen molar-refractivity contribution in [3.05, 3.63) is 29.8 Å². The number of amides is 2. The third-order valence-corrected chi connectivity index (χ3v) is 5.13. The van der Waals surface area contributed by atoms with E-state index in [4.69, 9.17) is 0 Å². The molecule has 0 bridgehead atoms. The number of benzene rings is 1. The van der Waals surface area contributed by atoms with Crippen molar-refractivity contribution < 1.29 is 14.7 Å². The Morgan fingerprint density at radius 1 is 1.30 bits per heavy atom. The Bertz CT molecular complexity index is 658. The summed E-state index contributed by atoms with van der Waals surface area (Å²) in [5.41, 5.74) is 1.41. The van der Waals surface area contributed by atoms with E-state index in [1.165, 1.54) is 10.5 Å². The highest BCUT2D eigenvalue weighted by atomic mass is 16.4. The van der Waals surface area contributed by atoms with Gasteiger partial charge in [-0.15, -0.1) is 0 Å². The maximum atomic E-state index is 13.0. The molecule has 124 valence electrons. The molecule has 5 heteroatoms. The van der Waals surface area contributed by atoms with Crippen LogP contribution in [0.2, 0.25) is 0 Å². The third kappa shape index (κ3) is 2.48. The first-order chi connectivity index (χ1) is 10.7. The van der Waals surface area contributed by atoms with Gasteiger partial charge in [-0.25, -0.2) is 4.79 Å². The number of hydrogen-bond acceptors (Lipinski definition) is 2. The average molecular weight is 316 g/mol. The summed E-state index contributed by atoms with van der Waals surface area (Å²) in [7, 11) is 1.75. The number of hydrogen-bond donors (Lipinski definition) is 1. The molecule has 23 heavy (non-hydrogen) atoms. The number of likely N-dealkylation sites (N-methyl/N-ethyl adjacent to an activating group) is 1. The first-order valence-electron chi connectivity index (χ1n) is 8.07. The molecule has 1 N–H and O–H groups in total. The Balaban J connectivity index is 2.09. The maximum Gasteiger partial charge on any atom is 0.408 e. The standard InChI is InChI=1S/C18H24N2O3/c1-17(2,3)20(16(22)23)14-11-18(9-10-18)12-7-5-6-8-13(12)19(4)15(14)21/h5-8,14H,9-11H2,1-4H3,(H,22,23)/t14-/m0/s1. The number of carboxylic acid groups (broad SMARTS) is 1. The molecule has 0 saturated heterocycles. The summed E-state index contributed by atoms with van der Waals surface area (Å²) in [4.78, 5) is 27.9. The smallest absolute Gasteiger partial charge is 0.408 e. The Morgan fingerprint density at radius 2 is 1.91 bits per heavy atom. The van der Waals surface area contributed by atoms with E-state index >= 15 is 0 Å². The topological polar surface area (TPSA) is 60.9 Å². The van der Waals surface area contributed by atoms with Gasteiger partial charge in [-0.2, -0.15) is 0 Å². The first-order valence-corrected chi connectivity index (χ1v) is 8.07. The Kier molecular flexibility index (Phi) is 3.43. The van der Waals surface area contributed by atoms with Crippen LogP contribution in [0.5, 0.6) is 0 Å².